The van der Waals surface area contributed by atoms with Crippen molar-refractivity contribution in [1.82, 2.24) is 0 Å². The van der Waals surface area contributed by atoms with Crippen LogP contribution in [0.4, 0.5) is 0 Å². The van der Waals surface area contributed by atoms with Crippen LogP contribution >= 0.6 is 0 Å². The smallest absolute Gasteiger partial charge is 0.423 e. The summed E-state index contributed by atoms with van der Waals surface area (Å²) in [6, 6.07) is 7.77. The summed E-state index contributed by atoms with van der Waals surface area (Å²) in [4.78, 5) is 0. The van der Waals surface area contributed by atoms with E-state index in [1.807, 2.05) is 12.1 Å². The quantitative estimate of drug-likeness (QED) is 0.810. The van der Waals surface area contributed by atoms with Gasteiger partial charge < -0.3 is 10.0 Å². The molecule has 0 amide bonds. The topological polar surface area (TPSA) is 40.5 Å². The molecular formula is C17H27BO2. The Bertz CT molecular complexity index is 394. The van der Waals surface area contributed by atoms with E-state index in [2.05, 4.69) is 26.0 Å². The van der Waals surface area contributed by atoms with E-state index in [9.17, 15) is 0 Å². The van der Waals surface area contributed by atoms with Crippen LogP contribution in [0.3, 0.4) is 0 Å². The molecule has 1 unspecified atom stereocenters. The lowest BCUT2D eigenvalue weighted by Gasteiger charge is -2.32. The molecule has 1 fully saturated rings. The van der Waals surface area contributed by atoms with E-state index in [0.29, 0.717) is 11.4 Å². The summed E-state index contributed by atoms with van der Waals surface area (Å²) in [7, 11) is -1.36. The van der Waals surface area contributed by atoms with E-state index in [0.717, 1.165) is 11.8 Å². The highest BCUT2D eigenvalue weighted by Gasteiger charge is 2.25. The Hall–Kier alpha value is -0.795. The fraction of sp³-hybridized carbons (Fsp3) is 0.647. The van der Waals surface area contributed by atoms with Gasteiger partial charge in [0.2, 0.25) is 0 Å². The van der Waals surface area contributed by atoms with Gasteiger partial charge in [0.15, 0.2) is 0 Å². The standard InChI is InChI=1S/C17H27BO2/c1-3-4-14-5-7-15(8-6-14)13(2)16-9-11-17(12-10-16)18(19)20/h9-15,19-20H,3-8H2,1-2H3. The maximum Gasteiger partial charge on any atom is 0.488 e. The molecule has 110 valence electrons. The predicted octanol–water partition coefficient (Wildman–Crippen LogP) is 3.08. The van der Waals surface area contributed by atoms with Gasteiger partial charge in [0.1, 0.15) is 0 Å². The minimum Gasteiger partial charge on any atom is -0.423 e. The highest BCUT2D eigenvalue weighted by Crippen LogP contribution is 2.39. The third-order valence-corrected chi connectivity index (χ3v) is 5.06. The summed E-state index contributed by atoms with van der Waals surface area (Å²) in [5, 5.41) is 18.3. The highest BCUT2D eigenvalue weighted by atomic mass is 16.4. The Morgan fingerprint density at radius 2 is 1.70 bits per heavy atom. The van der Waals surface area contributed by atoms with Crippen molar-refractivity contribution in [2.75, 3.05) is 0 Å². The van der Waals surface area contributed by atoms with E-state index in [1.165, 1.54) is 44.1 Å². The molecule has 1 aromatic rings. The first-order valence-corrected chi connectivity index (χ1v) is 8.07. The minimum absolute atomic E-state index is 0.572. The van der Waals surface area contributed by atoms with Crippen LogP contribution in [0.15, 0.2) is 24.3 Å². The molecule has 0 spiro atoms. The van der Waals surface area contributed by atoms with Gasteiger partial charge in [-0.25, -0.2) is 0 Å². The molecule has 0 saturated heterocycles. The first-order valence-electron chi connectivity index (χ1n) is 8.07. The van der Waals surface area contributed by atoms with Crippen molar-refractivity contribution in [3.05, 3.63) is 29.8 Å². The SMILES string of the molecule is CCCC1CCC(C(C)c2ccc(B(O)O)cc2)CC1. The second-order valence-corrected chi connectivity index (χ2v) is 6.40. The second kappa shape index (κ2) is 7.28. The van der Waals surface area contributed by atoms with Gasteiger partial charge in [-0.3, -0.25) is 0 Å². The van der Waals surface area contributed by atoms with Crippen LogP contribution in [-0.4, -0.2) is 17.2 Å². The van der Waals surface area contributed by atoms with E-state index in [-0.39, 0.29) is 0 Å². The van der Waals surface area contributed by atoms with E-state index in [1.54, 1.807) is 0 Å². The molecule has 0 aromatic heterocycles. The Morgan fingerprint density at radius 1 is 1.10 bits per heavy atom. The molecule has 2 nitrogen and oxygen atoms in total. The monoisotopic (exact) mass is 274 g/mol. The lowest BCUT2D eigenvalue weighted by Crippen LogP contribution is -2.29. The molecule has 20 heavy (non-hydrogen) atoms. The lowest BCUT2D eigenvalue weighted by molar-refractivity contribution is 0.239. The average Bonchev–Trinajstić information content (AvgIpc) is 2.48. The van der Waals surface area contributed by atoms with Gasteiger partial charge in [-0.15, -0.1) is 0 Å². The molecule has 2 N–H and O–H groups in total. The first-order chi connectivity index (χ1) is 9.61. The molecular weight excluding hydrogens is 247 g/mol. The summed E-state index contributed by atoms with van der Waals surface area (Å²) >= 11 is 0. The average molecular weight is 274 g/mol. The molecule has 2 rings (SSSR count). The van der Waals surface area contributed by atoms with Gasteiger partial charge >= 0.3 is 7.12 Å². The fourth-order valence-corrected chi connectivity index (χ4v) is 3.63. The van der Waals surface area contributed by atoms with Crippen LogP contribution in [0.2, 0.25) is 0 Å². The molecule has 0 heterocycles. The molecule has 3 heteroatoms. The van der Waals surface area contributed by atoms with Crippen LogP contribution in [0.25, 0.3) is 0 Å². The third kappa shape index (κ3) is 3.86. The van der Waals surface area contributed by atoms with Crippen LogP contribution in [0.5, 0.6) is 0 Å². The fourth-order valence-electron chi connectivity index (χ4n) is 3.63. The van der Waals surface area contributed by atoms with Crippen molar-refractivity contribution in [2.24, 2.45) is 11.8 Å². The maximum atomic E-state index is 9.14. The number of hydrogen-bond acceptors (Lipinski definition) is 2. The molecule has 1 aromatic carbocycles. The maximum absolute atomic E-state index is 9.14. The third-order valence-electron chi connectivity index (χ3n) is 5.06. The van der Waals surface area contributed by atoms with Crippen molar-refractivity contribution < 1.29 is 10.0 Å². The van der Waals surface area contributed by atoms with Gasteiger partial charge in [0.05, 0.1) is 0 Å². The molecule has 1 saturated carbocycles. The summed E-state index contributed by atoms with van der Waals surface area (Å²) in [5.41, 5.74) is 1.90. The number of rotatable bonds is 5. The van der Waals surface area contributed by atoms with Gasteiger partial charge in [-0.1, -0.05) is 63.8 Å². The largest absolute Gasteiger partial charge is 0.488 e. The Kier molecular flexibility index (Phi) is 5.68. The molecule has 1 aliphatic carbocycles. The van der Waals surface area contributed by atoms with Crippen molar-refractivity contribution in [1.29, 1.82) is 0 Å². The summed E-state index contributed by atoms with van der Waals surface area (Å²) in [6.07, 6.45) is 8.17. The van der Waals surface area contributed by atoms with Crippen LogP contribution in [0.1, 0.15) is 63.9 Å². The van der Waals surface area contributed by atoms with Gasteiger partial charge in [0.25, 0.3) is 0 Å². The lowest BCUT2D eigenvalue weighted by atomic mass is 9.72. The normalized spacial score (nSPS) is 24.4. The molecule has 0 bridgehead atoms. The van der Waals surface area contributed by atoms with Crippen molar-refractivity contribution in [2.45, 2.75) is 58.3 Å². The van der Waals surface area contributed by atoms with Gasteiger partial charge in [-0.2, -0.15) is 0 Å². The molecule has 0 aliphatic heterocycles. The zero-order chi connectivity index (χ0) is 14.5. The number of hydrogen-bond donors (Lipinski definition) is 2. The first kappa shape index (κ1) is 15.6. The molecule has 1 atom stereocenters. The van der Waals surface area contributed by atoms with E-state index in [4.69, 9.17) is 10.0 Å². The summed E-state index contributed by atoms with van der Waals surface area (Å²) < 4.78 is 0. The van der Waals surface area contributed by atoms with E-state index >= 15 is 0 Å². The second-order valence-electron chi connectivity index (χ2n) is 6.40. The summed E-state index contributed by atoms with van der Waals surface area (Å²) in [6.45, 7) is 4.60. The van der Waals surface area contributed by atoms with Crippen LogP contribution in [-0.2, 0) is 0 Å². The number of benzene rings is 1. The van der Waals surface area contributed by atoms with Gasteiger partial charge in [0, 0.05) is 0 Å². The Balaban J connectivity index is 1.93. The highest BCUT2D eigenvalue weighted by molar-refractivity contribution is 6.58. The van der Waals surface area contributed by atoms with E-state index < -0.39 is 7.12 Å². The zero-order valence-corrected chi connectivity index (χ0v) is 12.8. The Morgan fingerprint density at radius 3 is 2.20 bits per heavy atom. The van der Waals surface area contributed by atoms with Crippen LogP contribution < -0.4 is 5.46 Å². The molecule has 1 aliphatic rings. The minimum atomic E-state index is -1.36. The van der Waals surface area contributed by atoms with Crippen molar-refractivity contribution >= 4 is 12.6 Å². The molecule has 0 radical (unpaired) electrons. The summed E-state index contributed by atoms with van der Waals surface area (Å²) in [5.74, 6) is 2.31. The van der Waals surface area contributed by atoms with Crippen LogP contribution in [0, 0.1) is 11.8 Å². The van der Waals surface area contributed by atoms with Gasteiger partial charge in [-0.05, 0) is 41.6 Å². The zero-order valence-electron chi connectivity index (χ0n) is 12.8. The van der Waals surface area contributed by atoms with Crippen molar-refractivity contribution in [3.63, 3.8) is 0 Å². The Labute approximate surface area is 123 Å². The predicted molar refractivity (Wildman–Crippen MR) is 85.0 cm³/mol. The van der Waals surface area contributed by atoms with Crippen molar-refractivity contribution in [3.8, 4) is 0 Å².